The van der Waals surface area contributed by atoms with Gasteiger partial charge in [-0.05, 0) is 61.7 Å². The molecule has 242 valence electrons. The van der Waals surface area contributed by atoms with Crippen molar-refractivity contribution in [1.82, 2.24) is 18.8 Å². The van der Waals surface area contributed by atoms with E-state index in [2.05, 4.69) is 24.5 Å². The van der Waals surface area contributed by atoms with Crippen LogP contribution in [0.5, 0.6) is 11.5 Å². The summed E-state index contributed by atoms with van der Waals surface area (Å²) in [5.41, 5.74) is 1.67. The van der Waals surface area contributed by atoms with E-state index in [0.717, 1.165) is 16.6 Å². The highest BCUT2D eigenvalue weighted by atomic mass is 32.2. The molecule has 1 atom stereocenters. The number of halogens is 2. The zero-order valence-corrected chi connectivity index (χ0v) is 26.3. The molecule has 6 rings (SSSR count). The lowest BCUT2D eigenvalue weighted by Gasteiger charge is -2.24. The van der Waals surface area contributed by atoms with Gasteiger partial charge in [0, 0.05) is 48.9 Å². The molecule has 0 saturated heterocycles. The first-order chi connectivity index (χ1) is 21.0. The SMILES string of the molecule is Cc1nc(S(=O)(=O)NC[C@H](O)Cn2c(C(C)(C)C)cc3cc(NC(=O)C4(c5ccc6c(c5)OC(F)(F)O6)CC4)ccc32)cn1C.[HH]. The summed E-state index contributed by atoms with van der Waals surface area (Å²) in [5.74, 6) is 0.118. The van der Waals surface area contributed by atoms with Crippen LogP contribution in [0.25, 0.3) is 10.9 Å². The number of hydrogen-bond acceptors (Lipinski definition) is 7. The van der Waals surface area contributed by atoms with Crippen LogP contribution in [0, 0.1) is 6.92 Å². The molecule has 2 aliphatic rings. The van der Waals surface area contributed by atoms with Crippen LogP contribution in [0.15, 0.2) is 53.7 Å². The fourth-order valence-electron chi connectivity index (χ4n) is 5.65. The second kappa shape index (κ2) is 10.5. The maximum atomic E-state index is 13.5. The van der Waals surface area contributed by atoms with E-state index < -0.39 is 27.8 Å². The maximum absolute atomic E-state index is 13.5. The second-order valence-corrected chi connectivity index (χ2v) is 14.5. The summed E-state index contributed by atoms with van der Waals surface area (Å²) in [7, 11) is -2.21. The Morgan fingerprint density at radius 1 is 1.13 bits per heavy atom. The summed E-state index contributed by atoms with van der Waals surface area (Å²) in [5, 5.41) is 14.6. The predicted octanol–water partition coefficient (Wildman–Crippen LogP) is 4.56. The van der Waals surface area contributed by atoms with Crippen molar-refractivity contribution < 1.29 is 38.0 Å². The number of aromatic nitrogens is 3. The minimum atomic E-state index is -3.91. The van der Waals surface area contributed by atoms with E-state index in [0.29, 0.717) is 29.9 Å². The van der Waals surface area contributed by atoms with Crippen LogP contribution in [0.1, 0.15) is 52.1 Å². The molecule has 11 nitrogen and oxygen atoms in total. The Balaban J connectivity index is 0.00000417. The molecule has 4 aromatic rings. The molecule has 3 N–H and O–H groups in total. The number of carbonyl (C=O) groups is 1. The quantitative estimate of drug-likeness (QED) is 0.243. The first-order valence-corrected chi connectivity index (χ1v) is 16.0. The third kappa shape index (κ3) is 5.89. The summed E-state index contributed by atoms with van der Waals surface area (Å²) in [6, 6.07) is 11.9. The minimum absolute atomic E-state index is 0. The first-order valence-electron chi connectivity index (χ1n) is 14.5. The number of fused-ring (bicyclic) bond motifs is 2. The Morgan fingerprint density at radius 2 is 1.84 bits per heavy atom. The van der Waals surface area contributed by atoms with Gasteiger partial charge in [-0.3, -0.25) is 4.79 Å². The first kappa shape index (κ1) is 31.0. The van der Waals surface area contributed by atoms with Gasteiger partial charge in [0.15, 0.2) is 16.5 Å². The lowest BCUT2D eigenvalue weighted by atomic mass is 9.92. The Labute approximate surface area is 260 Å². The molecule has 2 aromatic heterocycles. The number of aryl methyl sites for hydroxylation is 2. The zero-order chi connectivity index (χ0) is 32.5. The van der Waals surface area contributed by atoms with Crippen molar-refractivity contribution in [3.8, 4) is 11.5 Å². The van der Waals surface area contributed by atoms with E-state index in [1.165, 1.54) is 18.3 Å². The molecule has 1 fully saturated rings. The van der Waals surface area contributed by atoms with Crippen LogP contribution < -0.4 is 19.5 Å². The van der Waals surface area contributed by atoms with Crippen molar-refractivity contribution in [3.05, 3.63) is 65.7 Å². The van der Waals surface area contributed by atoms with Crippen LogP contribution in [0.3, 0.4) is 0 Å². The Kier molecular flexibility index (Phi) is 7.25. The van der Waals surface area contributed by atoms with E-state index in [-0.39, 0.29) is 42.4 Å². The number of benzene rings is 2. The molecule has 1 amide bonds. The fourth-order valence-corrected chi connectivity index (χ4v) is 6.76. The van der Waals surface area contributed by atoms with Crippen molar-refractivity contribution in [1.29, 1.82) is 0 Å². The van der Waals surface area contributed by atoms with E-state index in [1.807, 2.05) is 43.5 Å². The van der Waals surface area contributed by atoms with Crippen molar-refractivity contribution in [3.63, 3.8) is 0 Å². The molecule has 14 heteroatoms. The predicted molar refractivity (Wildman–Crippen MR) is 164 cm³/mol. The van der Waals surface area contributed by atoms with Crippen LogP contribution in [-0.4, -0.2) is 52.5 Å². The van der Waals surface area contributed by atoms with Crippen molar-refractivity contribution in [2.45, 2.75) is 75.3 Å². The molecule has 3 heterocycles. The fraction of sp³-hybridized carbons (Fsp3) is 0.419. The number of ether oxygens (including phenoxy) is 2. The molecule has 1 saturated carbocycles. The highest BCUT2D eigenvalue weighted by molar-refractivity contribution is 7.89. The highest BCUT2D eigenvalue weighted by Gasteiger charge is 2.52. The molecule has 0 spiro atoms. The molecule has 45 heavy (non-hydrogen) atoms. The number of carbonyl (C=O) groups excluding carboxylic acids is 1. The van der Waals surface area contributed by atoms with Gasteiger partial charge >= 0.3 is 6.29 Å². The molecule has 2 aromatic carbocycles. The van der Waals surface area contributed by atoms with Crippen molar-refractivity contribution in [2.24, 2.45) is 7.05 Å². The minimum Gasteiger partial charge on any atom is -0.395 e. The third-order valence-corrected chi connectivity index (χ3v) is 9.62. The van der Waals surface area contributed by atoms with Gasteiger partial charge < -0.3 is 29.0 Å². The number of nitrogens with one attached hydrogen (secondary N) is 2. The molecular weight excluding hydrogens is 608 g/mol. The van der Waals surface area contributed by atoms with E-state index >= 15 is 0 Å². The van der Waals surface area contributed by atoms with Crippen LogP contribution >= 0.6 is 0 Å². The molecule has 0 bridgehead atoms. The molecule has 1 aliphatic carbocycles. The number of aliphatic hydroxyl groups is 1. The normalized spacial score (nSPS) is 17.4. The largest absolute Gasteiger partial charge is 0.586 e. The third-order valence-electron chi connectivity index (χ3n) is 8.33. The van der Waals surface area contributed by atoms with Crippen LogP contribution in [-0.2, 0) is 39.2 Å². The number of alkyl halides is 2. The van der Waals surface area contributed by atoms with Gasteiger partial charge in [0.2, 0.25) is 5.91 Å². The van der Waals surface area contributed by atoms with Crippen molar-refractivity contribution >= 4 is 32.5 Å². The maximum Gasteiger partial charge on any atom is 0.586 e. The smallest absolute Gasteiger partial charge is 0.395 e. The zero-order valence-electron chi connectivity index (χ0n) is 25.5. The summed E-state index contributed by atoms with van der Waals surface area (Å²) in [6.07, 6.45) is -2.25. The number of sulfonamides is 1. The standard InChI is InChI=1S/C31H35F2N5O6S.H2/c1-18-35-27(17-37(18)5)45(41,42)34-15-22(39)16-38-23-8-7-21(12-19(23)13-26(38)29(2,3)4)36-28(40)30(10-11-30)20-6-9-24-25(14-20)44-31(32,33)43-24;/h6-9,12-14,17,22,34,39H,10-11,15-16H2,1-5H3,(H,36,40);1H/t22-;/m0./s1. The average Bonchev–Trinajstić information content (AvgIpc) is 3.45. The van der Waals surface area contributed by atoms with Gasteiger partial charge in [-0.15, -0.1) is 8.78 Å². The van der Waals surface area contributed by atoms with Crippen molar-refractivity contribution in [2.75, 3.05) is 11.9 Å². The van der Waals surface area contributed by atoms with E-state index in [1.54, 1.807) is 30.7 Å². The summed E-state index contributed by atoms with van der Waals surface area (Å²) < 4.78 is 67.6. The lowest BCUT2D eigenvalue weighted by Crippen LogP contribution is -2.35. The molecule has 0 unspecified atom stereocenters. The van der Waals surface area contributed by atoms with Crippen LogP contribution in [0.2, 0.25) is 0 Å². The van der Waals surface area contributed by atoms with E-state index in [4.69, 9.17) is 0 Å². The number of hydrogen-bond donors (Lipinski definition) is 3. The van der Waals surface area contributed by atoms with Gasteiger partial charge in [0.05, 0.1) is 18.1 Å². The average molecular weight is 646 g/mol. The van der Waals surface area contributed by atoms with Crippen LogP contribution in [0.4, 0.5) is 14.5 Å². The van der Waals surface area contributed by atoms with E-state index in [9.17, 15) is 27.1 Å². The van der Waals surface area contributed by atoms with Gasteiger partial charge in [-0.25, -0.2) is 18.1 Å². The number of amides is 1. The number of rotatable bonds is 9. The number of imidazole rings is 1. The topological polar surface area (TPSA) is 137 Å². The number of aliphatic hydroxyl groups excluding tert-OH is 1. The summed E-state index contributed by atoms with van der Waals surface area (Å²) >= 11 is 0. The van der Waals surface area contributed by atoms with Gasteiger partial charge in [0.1, 0.15) is 5.82 Å². The number of anilines is 1. The van der Waals surface area contributed by atoms with Gasteiger partial charge in [0.25, 0.3) is 10.0 Å². The Bertz CT molecular complexity index is 1910. The number of nitrogens with zero attached hydrogens (tertiary/aromatic N) is 3. The highest BCUT2D eigenvalue weighted by Crippen LogP contribution is 2.52. The van der Waals surface area contributed by atoms with Gasteiger partial charge in [-0.2, -0.15) is 0 Å². The Hall–Kier alpha value is -4.01. The second-order valence-electron chi connectivity index (χ2n) is 12.8. The lowest BCUT2D eigenvalue weighted by molar-refractivity contribution is -0.286. The molecular formula is C31H37F2N5O6S. The Morgan fingerprint density at radius 3 is 2.49 bits per heavy atom. The monoisotopic (exact) mass is 645 g/mol. The molecule has 0 radical (unpaired) electrons. The summed E-state index contributed by atoms with van der Waals surface area (Å²) in [4.78, 5) is 17.5. The van der Waals surface area contributed by atoms with Gasteiger partial charge in [-0.1, -0.05) is 26.8 Å². The molecule has 1 aliphatic heterocycles. The summed E-state index contributed by atoms with van der Waals surface area (Å²) in [6.45, 7) is 7.72.